The summed E-state index contributed by atoms with van der Waals surface area (Å²) in [6, 6.07) is 18.4. The van der Waals surface area contributed by atoms with Gasteiger partial charge in [-0.3, -0.25) is 9.69 Å². The number of nitrogens with zero attached hydrogens (tertiary/aromatic N) is 2. The zero-order valence-corrected chi connectivity index (χ0v) is 13.2. The number of piperazine rings is 1. The van der Waals surface area contributed by atoms with Crippen LogP contribution in [0.3, 0.4) is 0 Å². The summed E-state index contributed by atoms with van der Waals surface area (Å²) in [5.74, 6) is 0.191. The van der Waals surface area contributed by atoms with E-state index in [0.717, 1.165) is 30.9 Å². The van der Waals surface area contributed by atoms with Crippen LogP contribution >= 0.6 is 0 Å². The lowest BCUT2D eigenvalue weighted by Crippen LogP contribution is -2.55. The number of benzene rings is 2. The summed E-state index contributed by atoms with van der Waals surface area (Å²) in [5.41, 5.74) is 3.45. The monoisotopic (exact) mass is 294 g/mol. The second-order valence-corrected chi connectivity index (χ2v) is 5.91. The van der Waals surface area contributed by atoms with E-state index in [2.05, 4.69) is 30.0 Å². The van der Waals surface area contributed by atoms with Crippen molar-refractivity contribution in [3.8, 4) is 0 Å². The van der Waals surface area contributed by atoms with Crippen LogP contribution in [-0.2, 0) is 11.3 Å². The standard InChI is InChI=1S/C19H22N2O/c1-15-8-6-7-11-18(15)21-13-12-20(16(2)19(21)22)14-17-9-4-3-5-10-17/h3-11,16H,12-14H2,1-2H3. The largest absolute Gasteiger partial charge is 0.310 e. The minimum absolute atomic E-state index is 0.0893. The molecule has 1 unspecified atom stereocenters. The van der Waals surface area contributed by atoms with E-state index in [1.807, 2.05) is 48.2 Å². The molecule has 0 aromatic heterocycles. The maximum Gasteiger partial charge on any atom is 0.244 e. The van der Waals surface area contributed by atoms with E-state index in [1.54, 1.807) is 0 Å². The van der Waals surface area contributed by atoms with Crippen molar-refractivity contribution in [2.75, 3.05) is 18.0 Å². The van der Waals surface area contributed by atoms with Crippen molar-refractivity contribution < 1.29 is 4.79 Å². The molecule has 22 heavy (non-hydrogen) atoms. The summed E-state index contributed by atoms with van der Waals surface area (Å²) in [6.07, 6.45) is 0. The lowest BCUT2D eigenvalue weighted by atomic mass is 10.1. The molecule has 2 aromatic rings. The first-order valence-corrected chi connectivity index (χ1v) is 7.82. The molecule has 1 fully saturated rings. The lowest BCUT2D eigenvalue weighted by Gasteiger charge is -2.39. The molecule has 1 amide bonds. The number of hydrogen-bond donors (Lipinski definition) is 0. The van der Waals surface area contributed by atoms with E-state index in [1.165, 1.54) is 5.56 Å². The van der Waals surface area contributed by atoms with Crippen LogP contribution in [0.15, 0.2) is 54.6 Å². The fraction of sp³-hybridized carbons (Fsp3) is 0.316. The van der Waals surface area contributed by atoms with Gasteiger partial charge >= 0.3 is 0 Å². The number of carbonyl (C=O) groups excluding carboxylic acids is 1. The zero-order valence-electron chi connectivity index (χ0n) is 13.2. The van der Waals surface area contributed by atoms with Crippen LogP contribution in [0.1, 0.15) is 18.1 Å². The highest BCUT2D eigenvalue weighted by Gasteiger charge is 2.32. The molecule has 3 heteroatoms. The van der Waals surface area contributed by atoms with E-state index >= 15 is 0 Å². The average molecular weight is 294 g/mol. The molecule has 114 valence electrons. The van der Waals surface area contributed by atoms with Crippen LogP contribution in [0.25, 0.3) is 0 Å². The molecule has 1 aliphatic heterocycles. The fourth-order valence-corrected chi connectivity index (χ4v) is 3.05. The van der Waals surface area contributed by atoms with Crippen LogP contribution < -0.4 is 4.90 Å². The third-order valence-electron chi connectivity index (χ3n) is 4.42. The molecule has 0 N–H and O–H groups in total. The number of anilines is 1. The van der Waals surface area contributed by atoms with Crippen molar-refractivity contribution in [3.05, 3.63) is 65.7 Å². The molecule has 3 rings (SSSR count). The first-order valence-electron chi connectivity index (χ1n) is 7.82. The minimum atomic E-state index is -0.0893. The Labute approximate surface area is 132 Å². The molecule has 1 atom stereocenters. The molecule has 1 saturated heterocycles. The Hall–Kier alpha value is -2.13. The average Bonchev–Trinajstić information content (AvgIpc) is 2.54. The van der Waals surface area contributed by atoms with Gasteiger partial charge in [0.1, 0.15) is 0 Å². The van der Waals surface area contributed by atoms with Crippen molar-refractivity contribution >= 4 is 11.6 Å². The summed E-state index contributed by atoms with van der Waals surface area (Å²) in [4.78, 5) is 17.0. The van der Waals surface area contributed by atoms with Gasteiger partial charge in [-0.05, 0) is 31.0 Å². The van der Waals surface area contributed by atoms with E-state index in [-0.39, 0.29) is 11.9 Å². The van der Waals surface area contributed by atoms with Gasteiger partial charge in [-0.25, -0.2) is 0 Å². The molecule has 0 radical (unpaired) electrons. The molecular formula is C19H22N2O. The molecule has 3 nitrogen and oxygen atoms in total. The molecule has 0 aliphatic carbocycles. The topological polar surface area (TPSA) is 23.6 Å². The first kappa shape index (κ1) is 14.8. The summed E-state index contributed by atoms with van der Waals surface area (Å²) < 4.78 is 0. The van der Waals surface area contributed by atoms with Crippen LogP contribution in [0.2, 0.25) is 0 Å². The third-order valence-corrected chi connectivity index (χ3v) is 4.42. The van der Waals surface area contributed by atoms with Crippen molar-refractivity contribution in [3.63, 3.8) is 0 Å². The molecule has 1 heterocycles. The fourth-order valence-electron chi connectivity index (χ4n) is 3.05. The second-order valence-electron chi connectivity index (χ2n) is 5.91. The van der Waals surface area contributed by atoms with E-state index in [4.69, 9.17) is 0 Å². The molecule has 0 bridgehead atoms. The quantitative estimate of drug-likeness (QED) is 0.867. The number of amides is 1. The third kappa shape index (κ3) is 2.90. The van der Waals surface area contributed by atoms with Crippen LogP contribution in [-0.4, -0.2) is 29.9 Å². The van der Waals surface area contributed by atoms with Crippen LogP contribution in [0.5, 0.6) is 0 Å². The van der Waals surface area contributed by atoms with Crippen molar-refractivity contribution in [2.45, 2.75) is 26.4 Å². The number of rotatable bonds is 3. The predicted molar refractivity (Wildman–Crippen MR) is 89.8 cm³/mol. The van der Waals surface area contributed by atoms with Gasteiger partial charge in [-0.1, -0.05) is 48.5 Å². The Morgan fingerprint density at radius 2 is 1.68 bits per heavy atom. The van der Waals surface area contributed by atoms with Gasteiger partial charge in [-0.15, -0.1) is 0 Å². The SMILES string of the molecule is Cc1ccccc1N1CCN(Cc2ccccc2)C(C)C1=O. The maximum absolute atomic E-state index is 12.8. The first-order chi connectivity index (χ1) is 10.7. The number of para-hydroxylation sites is 1. The second kappa shape index (κ2) is 6.32. The van der Waals surface area contributed by atoms with Gasteiger partial charge in [0.25, 0.3) is 0 Å². The maximum atomic E-state index is 12.8. The number of hydrogen-bond acceptors (Lipinski definition) is 2. The van der Waals surface area contributed by atoms with E-state index in [9.17, 15) is 4.79 Å². The number of carbonyl (C=O) groups is 1. The lowest BCUT2D eigenvalue weighted by molar-refractivity contribution is -0.125. The van der Waals surface area contributed by atoms with Gasteiger partial charge in [0.05, 0.1) is 6.04 Å². The summed E-state index contributed by atoms with van der Waals surface area (Å²) >= 11 is 0. The van der Waals surface area contributed by atoms with Crippen LogP contribution in [0.4, 0.5) is 5.69 Å². The molecule has 0 saturated carbocycles. The van der Waals surface area contributed by atoms with Gasteiger partial charge in [0, 0.05) is 25.3 Å². The normalized spacial score (nSPS) is 19.5. The molecule has 0 spiro atoms. The smallest absolute Gasteiger partial charge is 0.244 e. The Kier molecular flexibility index (Phi) is 4.25. The highest BCUT2D eigenvalue weighted by Crippen LogP contribution is 2.24. The van der Waals surface area contributed by atoms with E-state index < -0.39 is 0 Å². The summed E-state index contributed by atoms with van der Waals surface area (Å²) in [6.45, 7) is 6.55. The molecular weight excluding hydrogens is 272 g/mol. The van der Waals surface area contributed by atoms with Crippen molar-refractivity contribution in [1.29, 1.82) is 0 Å². The van der Waals surface area contributed by atoms with Gasteiger partial charge in [0.15, 0.2) is 0 Å². The highest BCUT2D eigenvalue weighted by molar-refractivity contribution is 5.98. The Morgan fingerprint density at radius 3 is 2.41 bits per heavy atom. The minimum Gasteiger partial charge on any atom is -0.310 e. The zero-order chi connectivity index (χ0) is 15.5. The Balaban J connectivity index is 1.75. The molecule has 1 aliphatic rings. The summed E-state index contributed by atoms with van der Waals surface area (Å²) in [7, 11) is 0. The highest BCUT2D eigenvalue weighted by atomic mass is 16.2. The van der Waals surface area contributed by atoms with Crippen molar-refractivity contribution in [2.24, 2.45) is 0 Å². The van der Waals surface area contributed by atoms with Gasteiger partial charge < -0.3 is 4.90 Å². The Bertz CT molecular complexity index is 653. The molecule has 2 aromatic carbocycles. The summed E-state index contributed by atoms with van der Waals surface area (Å²) in [5, 5.41) is 0. The van der Waals surface area contributed by atoms with Crippen LogP contribution in [0, 0.1) is 6.92 Å². The van der Waals surface area contributed by atoms with Gasteiger partial charge in [-0.2, -0.15) is 0 Å². The Morgan fingerprint density at radius 1 is 1.00 bits per heavy atom. The predicted octanol–water partition coefficient (Wildman–Crippen LogP) is 3.23. The van der Waals surface area contributed by atoms with E-state index in [0.29, 0.717) is 0 Å². The van der Waals surface area contributed by atoms with Gasteiger partial charge in [0.2, 0.25) is 5.91 Å². The van der Waals surface area contributed by atoms with Crippen molar-refractivity contribution in [1.82, 2.24) is 4.90 Å². The number of aryl methyl sites for hydroxylation is 1.